The van der Waals surface area contributed by atoms with Crippen molar-refractivity contribution in [1.82, 2.24) is 9.13 Å². The highest BCUT2D eigenvalue weighted by molar-refractivity contribution is 7.71. The Hall–Kier alpha value is -1.50. The van der Waals surface area contributed by atoms with Gasteiger partial charge in [0.1, 0.15) is 5.82 Å². The molecule has 0 radical (unpaired) electrons. The molecular formula is C7H10N4O2S. The Labute approximate surface area is 85.2 Å². The first-order chi connectivity index (χ1) is 6.54. The van der Waals surface area contributed by atoms with Gasteiger partial charge in [0.2, 0.25) is 5.69 Å². The van der Waals surface area contributed by atoms with E-state index in [0.717, 1.165) is 0 Å². The van der Waals surface area contributed by atoms with E-state index in [1.807, 2.05) is 0 Å². The minimum atomic E-state index is -0.493. The molecule has 0 atom stereocenters. The smallest absolute Gasteiger partial charge is 0.285 e. The number of hydrogen-bond donors (Lipinski definition) is 1. The molecule has 0 saturated heterocycles. The minimum Gasteiger partial charge on any atom is -0.372 e. The molecule has 1 N–H and O–H groups in total. The molecule has 0 fully saturated rings. The van der Waals surface area contributed by atoms with Crippen LogP contribution in [0.4, 0.5) is 11.5 Å². The fraction of sp³-hybridized carbons (Fsp3) is 0.429. The van der Waals surface area contributed by atoms with Crippen molar-refractivity contribution in [2.75, 3.05) is 12.4 Å². The lowest BCUT2D eigenvalue weighted by atomic mass is 10.4. The highest BCUT2D eigenvalue weighted by Gasteiger charge is 2.12. The number of nitroso groups, excluding NO2 is 1. The number of nitrogens with one attached hydrogen (secondary N) is 1. The van der Waals surface area contributed by atoms with Crippen LogP contribution in [0.15, 0.2) is 9.97 Å². The molecule has 0 bridgehead atoms. The topological polar surface area (TPSA) is 68.4 Å². The molecule has 76 valence electrons. The van der Waals surface area contributed by atoms with E-state index in [4.69, 9.17) is 12.2 Å². The van der Waals surface area contributed by atoms with Gasteiger partial charge in [-0.05, 0) is 17.4 Å². The summed E-state index contributed by atoms with van der Waals surface area (Å²) in [7, 11) is 4.75. The van der Waals surface area contributed by atoms with Gasteiger partial charge in [0, 0.05) is 21.1 Å². The first-order valence-corrected chi connectivity index (χ1v) is 4.26. The maximum absolute atomic E-state index is 11.5. The minimum absolute atomic E-state index is 0.161. The van der Waals surface area contributed by atoms with Crippen LogP contribution in [0.5, 0.6) is 0 Å². The molecule has 0 saturated carbocycles. The van der Waals surface area contributed by atoms with Crippen molar-refractivity contribution in [3.8, 4) is 0 Å². The van der Waals surface area contributed by atoms with Gasteiger partial charge in [0.05, 0.1) is 0 Å². The van der Waals surface area contributed by atoms with E-state index < -0.39 is 5.56 Å². The summed E-state index contributed by atoms with van der Waals surface area (Å²) in [4.78, 5) is 22.0. The van der Waals surface area contributed by atoms with Crippen LogP contribution in [0.1, 0.15) is 0 Å². The van der Waals surface area contributed by atoms with Crippen molar-refractivity contribution in [1.29, 1.82) is 0 Å². The largest absolute Gasteiger partial charge is 0.372 e. The molecule has 0 aromatic carbocycles. The molecule has 1 aromatic rings. The fourth-order valence-corrected chi connectivity index (χ4v) is 1.37. The zero-order chi connectivity index (χ0) is 10.9. The summed E-state index contributed by atoms with van der Waals surface area (Å²) in [5.41, 5.74) is -0.654. The number of rotatable bonds is 2. The average molecular weight is 214 g/mol. The van der Waals surface area contributed by atoms with Crippen LogP contribution >= 0.6 is 12.2 Å². The molecule has 0 aliphatic heterocycles. The van der Waals surface area contributed by atoms with E-state index in [9.17, 15) is 9.70 Å². The maximum atomic E-state index is 11.5. The van der Waals surface area contributed by atoms with E-state index in [2.05, 4.69) is 10.5 Å². The van der Waals surface area contributed by atoms with Crippen LogP contribution in [0.25, 0.3) is 0 Å². The summed E-state index contributed by atoms with van der Waals surface area (Å²) in [6.07, 6.45) is 0. The number of aromatic nitrogens is 2. The van der Waals surface area contributed by atoms with E-state index in [0.29, 0.717) is 10.6 Å². The molecule has 1 aromatic heterocycles. The Balaban J connectivity index is 3.84. The van der Waals surface area contributed by atoms with Gasteiger partial charge in [-0.3, -0.25) is 9.36 Å². The maximum Gasteiger partial charge on any atom is 0.285 e. The van der Waals surface area contributed by atoms with Crippen molar-refractivity contribution >= 4 is 23.7 Å². The third-order valence-corrected chi connectivity index (χ3v) is 2.52. The van der Waals surface area contributed by atoms with E-state index >= 15 is 0 Å². The molecule has 7 heteroatoms. The molecule has 0 amide bonds. The van der Waals surface area contributed by atoms with Crippen molar-refractivity contribution in [3.05, 3.63) is 20.0 Å². The third kappa shape index (κ3) is 1.35. The summed E-state index contributed by atoms with van der Waals surface area (Å²) < 4.78 is 3.05. The molecule has 0 spiro atoms. The highest BCUT2D eigenvalue weighted by Crippen LogP contribution is 2.18. The van der Waals surface area contributed by atoms with Crippen LogP contribution in [-0.4, -0.2) is 16.2 Å². The molecule has 1 heterocycles. The van der Waals surface area contributed by atoms with Gasteiger partial charge in [-0.2, -0.15) is 0 Å². The summed E-state index contributed by atoms with van der Waals surface area (Å²) in [5, 5.41) is 5.40. The predicted octanol–water partition coefficient (Wildman–Crippen LogP) is 0.893. The van der Waals surface area contributed by atoms with Gasteiger partial charge < -0.3 is 9.88 Å². The third-order valence-electron chi connectivity index (χ3n) is 1.97. The highest BCUT2D eigenvalue weighted by atomic mass is 32.1. The van der Waals surface area contributed by atoms with Gasteiger partial charge in [0.25, 0.3) is 5.56 Å². The van der Waals surface area contributed by atoms with Crippen LogP contribution in [0.2, 0.25) is 0 Å². The standard InChI is InChI=1S/C7H10N4O2S/c1-8-5-4(9-13)6(12)11(3)7(14)10(5)2/h8H,1-3H3. The van der Waals surface area contributed by atoms with Crippen molar-refractivity contribution < 1.29 is 0 Å². The van der Waals surface area contributed by atoms with E-state index in [1.165, 1.54) is 16.2 Å². The van der Waals surface area contributed by atoms with Gasteiger partial charge in [-0.15, -0.1) is 4.91 Å². The summed E-state index contributed by atoms with van der Waals surface area (Å²) in [5.74, 6) is 0.327. The lowest BCUT2D eigenvalue weighted by molar-refractivity contribution is 0.724. The molecule has 0 unspecified atom stereocenters. The van der Waals surface area contributed by atoms with Crippen molar-refractivity contribution in [3.63, 3.8) is 0 Å². The summed E-state index contributed by atoms with van der Waals surface area (Å²) >= 11 is 4.99. The molecule has 14 heavy (non-hydrogen) atoms. The first kappa shape index (κ1) is 10.6. The molecule has 0 aliphatic carbocycles. The zero-order valence-electron chi connectivity index (χ0n) is 8.07. The quantitative estimate of drug-likeness (QED) is 0.586. The van der Waals surface area contributed by atoms with Gasteiger partial charge in [-0.1, -0.05) is 0 Å². The number of hydrogen-bond acceptors (Lipinski definition) is 5. The van der Waals surface area contributed by atoms with Gasteiger partial charge >= 0.3 is 0 Å². The second-order valence-electron chi connectivity index (χ2n) is 2.74. The fourth-order valence-electron chi connectivity index (χ4n) is 1.19. The lowest BCUT2D eigenvalue weighted by Crippen LogP contribution is -2.23. The van der Waals surface area contributed by atoms with E-state index in [-0.39, 0.29) is 5.69 Å². The summed E-state index contributed by atoms with van der Waals surface area (Å²) in [6.45, 7) is 0. The Morgan fingerprint density at radius 1 is 1.36 bits per heavy atom. The molecular weight excluding hydrogens is 204 g/mol. The second kappa shape index (κ2) is 3.70. The van der Waals surface area contributed by atoms with Crippen molar-refractivity contribution in [2.24, 2.45) is 19.3 Å². The molecule has 6 nitrogen and oxygen atoms in total. The SMILES string of the molecule is CNc1c(N=O)c(=O)n(C)c(=S)n1C. The van der Waals surface area contributed by atoms with E-state index in [1.54, 1.807) is 14.1 Å². The van der Waals surface area contributed by atoms with Gasteiger partial charge in [-0.25, -0.2) is 0 Å². The van der Waals surface area contributed by atoms with Crippen LogP contribution in [0, 0.1) is 9.68 Å². The Morgan fingerprint density at radius 2 is 1.93 bits per heavy atom. The monoisotopic (exact) mass is 214 g/mol. The average Bonchev–Trinajstić information content (AvgIpc) is 2.20. The Kier molecular flexibility index (Phi) is 2.80. The predicted molar refractivity (Wildman–Crippen MR) is 56.5 cm³/mol. The second-order valence-corrected chi connectivity index (χ2v) is 3.11. The van der Waals surface area contributed by atoms with Crippen LogP contribution in [-0.2, 0) is 14.1 Å². The molecule has 0 aliphatic rings. The number of nitrogens with zero attached hydrogens (tertiary/aromatic N) is 3. The summed E-state index contributed by atoms with van der Waals surface area (Å²) in [6, 6.07) is 0. The first-order valence-electron chi connectivity index (χ1n) is 3.85. The van der Waals surface area contributed by atoms with Crippen LogP contribution < -0.4 is 10.9 Å². The van der Waals surface area contributed by atoms with Gasteiger partial charge in [0.15, 0.2) is 4.77 Å². The Morgan fingerprint density at radius 3 is 2.36 bits per heavy atom. The number of anilines is 1. The molecule has 1 rings (SSSR count). The lowest BCUT2D eigenvalue weighted by Gasteiger charge is -2.11. The Bertz CT molecular complexity index is 488. The van der Waals surface area contributed by atoms with Crippen LogP contribution in [0.3, 0.4) is 0 Å². The zero-order valence-corrected chi connectivity index (χ0v) is 8.88. The van der Waals surface area contributed by atoms with Crippen molar-refractivity contribution in [2.45, 2.75) is 0 Å². The normalized spacial score (nSPS) is 9.93.